The molecule has 0 N–H and O–H groups in total. The molecule has 1 aromatic heterocycles. The fourth-order valence-corrected chi connectivity index (χ4v) is 1.68. The Morgan fingerprint density at radius 1 is 1.24 bits per heavy atom. The number of halogens is 3. The largest absolute Gasteiger partial charge is 0.492 e. The molecule has 0 aliphatic rings. The third-order valence-corrected chi connectivity index (χ3v) is 2.76. The molecule has 0 bridgehead atoms. The second-order valence-corrected chi connectivity index (χ2v) is 4.46. The van der Waals surface area contributed by atoms with Crippen molar-refractivity contribution < 1.29 is 17.9 Å². The maximum absolute atomic E-state index is 12.4. The van der Waals surface area contributed by atoms with E-state index in [0.29, 0.717) is 5.75 Å². The fraction of sp³-hybridized carbons (Fsp3) is 0.286. The Balaban J connectivity index is 1.93. The van der Waals surface area contributed by atoms with Crippen molar-refractivity contribution in [1.29, 1.82) is 0 Å². The lowest BCUT2D eigenvalue weighted by molar-refractivity contribution is -0.137. The topological polar surface area (TPSA) is 44.1 Å². The molecule has 4 nitrogen and oxygen atoms in total. The van der Waals surface area contributed by atoms with Gasteiger partial charge in [-0.15, -0.1) is 0 Å². The van der Waals surface area contributed by atoms with E-state index in [-0.39, 0.29) is 18.7 Å². The van der Waals surface area contributed by atoms with Crippen molar-refractivity contribution in [2.45, 2.75) is 19.6 Å². The highest BCUT2D eigenvalue weighted by Gasteiger charge is 2.29. The van der Waals surface area contributed by atoms with E-state index >= 15 is 0 Å². The molecule has 21 heavy (non-hydrogen) atoms. The van der Waals surface area contributed by atoms with Crippen LogP contribution in [0.2, 0.25) is 0 Å². The molecule has 1 aromatic carbocycles. The zero-order valence-electron chi connectivity index (χ0n) is 11.2. The molecule has 1 heterocycles. The van der Waals surface area contributed by atoms with E-state index in [1.165, 1.54) is 22.9 Å². The monoisotopic (exact) mass is 298 g/mol. The van der Waals surface area contributed by atoms with Crippen LogP contribution in [0.4, 0.5) is 13.2 Å². The number of alkyl halides is 3. The maximum atomic E-state index is 12.4. The van der Waals surface area contributed by atoms with Crippen LogP contribution in [-0.2, 0) is 12.7 Å². The van der Waals surface area contributed by atoms with E-state index < -0.39 is 11.7 Å². The van der Waals surface area contributed by atoms with E-state index in [9.17, 15) is 18.0 Å². The van der Waals surface area contributed by atoms with Gasteiger partial charge in [-0.2, -0.15) is 18.3 Å². The Bertz CT molecular complexity index is 663. The molecule has 0 amide bonds. The van der Waals surface area contributed by atoms with Gasteiger partial charge >= 0.3 is 6.18 Å². The molecule has 0 saturated heterocycles. The van der Waals surface area contributed by atoms with Gasteiger partial charge in [0.1, 0.15) is 12.4 Å². The molecular formula is C14H13F3N2O2. The lowest BCUT2D eigenvalue weighted by Gasteiger charge is -2.09. The summed E-state index contributed by atoms with van der Waals surface area (Å²) >= 11 is 0. The average molecular weight is 298 g/mol. The van der Waals surface area contributed by atoms with Crippen LogP contribution in [0.3, 0.4) is 0 Å². The van der Waals surface area contributed by atoms with Gasteiger partial charge in [0.05, 0.1) is 18.3 Å². The van der Waals surface area contributed by atoms with E-state index in [1.807, 2.05) is 0 Å². The predicted octanol–water partition coefficient (Wildman–Crippen LogP) is 2.65. The van der Waals surface area contributed by atoms with Crippen molar-refractivity contribution in [2.24, 2.45) is 0 Å². The summed E-state index contributed by atoms with van der Waals surface area (Å²) in [7, 11) is 0. The standard InChI is InChI=1S/C14H13F3N2O2/c1-10-8-13(20)19(18-9-10)6-7-21-12-4-2-11(3-5-12)14(15,16)17/h2-5,8-9H,6-7H2,1H3. The third-order valence-electron chi connectivity index (χ3n) is 2.76. The minimum atomic E-state index is -4.36. The SMILES string of the molecule is Cc1cnn(CCOc2ccc(C(F)(F)F)cc2)c(=O)c1. The molecular weight excluding hydrogens is 285 g/mol. The molecule has 0 aliphatic heterocycles. The Labute approximate surface area is 118 Å². The van der Waals surface area contributed by atoms with E-state index in [2.05, 4.69) is 5.10 Å². The third kappa shape index (κ3) is 4.08. The highest BCUT2D eigenvalue weighted by atomic mass is 19.4. The molecule has 0 fully saturated rings. The molecule has 0 atom stereocenters. The smallest absolute Gasteiger partial charge is 0.416 e. The lowest BCUT2D eigenvalue weighted by atomic mass is 10.2. The van der Waals surface area contributed by atoms with Crippen LogP contribution in [0.25, 0.3) is 0 Å². The highest BCUT2D eigenvalue weighted by molar-refractivity contribution is 5.28. The van der Waals surface area contributed by atoms with Gasteiger partial charge in [0.2, 0.25) is 0 Å². The Kier molecular flexibility index (Phi) is 4.30. The van der Waals surface area contributed by atoms with E-state index in [1.54, 1.807) is 13.1 Å². The summed E-state index contributed by atoms with van der Waals surface area (Å²) in [6, 6.07) is 5.84. The number of hydrogen-bond donors (Lipinski definition) is 0. The Morgan fingerprint density at radius 3 is 2.48 bits per heavy atom. The molecule has 0 radical (unpaired) electrons. The van der Waals surface area contributed by atoms with Crippen molar-refractivity contribution in [1.82, 2.24) is 9.78 Å². The Morgan fingerprint density at radius 2 is 1.90 bits per heavy atom. The molecule has 112 valence electrons. The van der Waals surface area contributed by atoms with Gasteiger partial charge in [-0.25, -0.2) is 4.68 Å². The van der Waals surface area contributed by atoms with Crippen LogP contribution in [0.5, 0.6) is 5.75 Å². The van der Waals surface area contributed by atoms with Crippen LogP contribution in [0, 0.1) is 6.92 Å². The average Bonchev–Trinajstić information content (AvgIpc) is 2.41. The Hall–Kier alpha value is -2.31. The summed E-state index contributed by atoms with van der Waals surface area (Å²) in [4.78, 5) is 11.6. The number of aryl methyl sites for hydroxylation is 1. The number of ether oxygens (including phenoxy) is 1. The van der Waals surface area contributed by atoms with Gasteiger partial charge in [0.15, 0.2) is 0 Å². The van der Waals surface area contributed by atoms with Crippen molar-refractivity contribution in [3.63, 3.8) is 0 Å². The second-order valence-electron chi connectivity index (χ2n) is 4.46. The summed E-state index contributed by atoms with van der Waals surface area (Å²) in [6.07, 6.45) is -2.81. The quantitative estimate of drug-likeness (QED) is 0.871. The van der Waals surface area contributed by atoms with Gasteiger partial charge in [-0.1, -0.05) is 0 Å². The van der Waals surface area contributed by atoms with Crippen molar-refractivity contribution in [3.05, 3.63) is 58.0 Å². The van der Waals surface area contributed by atoms with Crippen LogP contribution >= 0.6 is 0 Å². The van der Waals surface area contributed by atoms with Crippen LogP contribution in [-0.4, -0.2) is 16.4 Å². The van der Waals surface area contributed by atoms with Gasteiger partial charge in [0.25, 0.3) is 5.56 Å². The maximum Gasteiger partial charge on any atom is 0.416 e. The summed E-state index contributed by atoms with van der Waals surface area (Å²) in [5.74, 6) is 0.308. The molecule has 0 spiro atoms. The van der Waals surface area contributed by atoms with Crippen molar-refractivity contribution in [3.8, 4) is 5.75 Å². The predicted molar refractivity (Wildman–Crippen MR) is 70.2 cm³/mol. The van der Waals surface area contributed by atoms with E-state index in [4.69, 9.17) is 4.74 Å². The first-order chi connectivity index (χ1) is 9.86. The second kappa shape index (κ2) is 5.99. The number of nitrogens with zero attached hydrogens (tertiary/aromatic N) is 2. The molecule has 2 aromatic rings. The summed E-state index contributed by atoms with van der Waals surface area (Å²) < 4.78 is 43.7. The molecule has 0 aliphatic carbocycles. The normalized spacial score (nSPS) is 11.4. The summed E-state index contributed by atoms with van der Waals surface area (Å²) in [5, 5.41) is 3.93. The first-order valence-corrected chi connectivity index (χ1v) is 6.20. The molecule has 7 heteroatoms. The lowest BCUT2D eigenvalue weighted by Crippen LogP contribution is -2.25. The van der Waals surface area contributed by atoms with Crippen LogP contribution in [0.15, 0.2) is 41.3 Å². The minimum absolute atomic E-state index is 0.140. The minimum Gasteiger partial charge on any atom is -0.492 e. The van der Waals surface area contributed by atoms with E-state index in [0.717, 1.165) is 17.7 Å². The van der Waals surface area contributed by atoms with Crippen LogP contribution < -0.4 is 10.3 Å². The number of rotatable bonds is 4. The fourth-order valence-electron chi connectivity index (χ4n) is 1.68. The zero-order chi connectivity index (χ0) is 15.5. The summed E-state index contributed by atoms with van der Waals surface area (Å²) in [5.41, 5.74) is -0.211. The first kappa shape index (κ1) is 15.1. The number of aromatic nitrogens is 2. The summed E-state index contributed by atoms with van der Waals surface area (Å²) in [6.45, 7) is 2.12. The van der Waals surface area contributed by atoms with Crippen LogP contribution in [0.1, 0.15) is 11.1 Å². The number of benzene rings is 1. The van der Waals surface area contributed by atoms with Gasteiger partial charge in [-0.05, 0) is 36.8 Å². The highest BCUT2D eigenvalue weighted by Crippen LogP contribution is 2.30. The number of hydrogen-bond acceptors (Lipinski definition) is 3. The first-order valence-electron chi connectivity index (χ1n) is 6.20. The van der Waals surface area contributed by atoms with Crippen molar-refractivity contribution >= 4 is 0 Å². The zero-order valence-corrected chi connectivity index (χ0v) is 11.2. The molecule has 2 rings (SSSR count). The molecule has 0 saturated carbocycles. The molecule has 0 unspecified atom stereocenters. The van der Waals surface area contributed by atoms with Crippen molar-refractivity contribution in [2.75, 3.05) is 6.61 Å². The van der Waals surface area contributed by atoms with Gasteiger partial charge in [-0.3, -0.25) is 4.79 Å². The van der Waals surface area contributed by atoms with Gasteiger partial charge < -0.3 is 4.74 Å². The van der Waals surface area contributed by atoms with Gasteiger partial charge in [0, 0.05) is 6.07 Å².